The Morgan fingerprint density at radius 1 is 1.67 bits per heavy atom. The summed E-state index contributed by atoms with van der Waals surface area (Å²) < 4.78 is 0. The molecule has 0 aromatic heterocycles. The fourth-order valence-electron chi connectivity index (χ4n) is 0.608. The standard InChI is InChI=1S/C10H18N2/c1-5-9(4)7-12-10(11)6-8(2)3/h6-7,9H,2,5,11H2,1,3-4H3/b10-6-,12-7-. The van der Waals surface area contributed by atoms with E-state index in [0.29, 0.717) is 11.7 Å². The van der Waals surface area contributed by atoms with Crippen molar-refractivity contribution in [3.05, 3.63) is 24.0 Å². The molecule has 0 aliphatic rings. The molecule has 0 rings (SSSR count). The molecule has 0 fully saturated rings. The van der Waals surface area contributed by atoms with E-state index in [-0.39, 0.29) is 0 Å². The molecule has 0 aromatic carbocycles. The summed E-state index contributed by atoms with van der Waals surface area (Å²) in [6, 6.07) is 0. The minimum atomic E-state index is 0.488. The van der Waals surface area contributed by atoms with Crippen LogP contribution in [0.4, 0.5) is 0 Å². The lowest BCUT2D eigenvalue weighted by molar-refractivity contribution is 0.753. The van der Waals surface area contributed by atoms with E-state index in [9.17, 15) is 0 Å². The van der Waals surface area contributed by atoms with E-state index in [4.69, 9.17) is 5.73 Å². The number of rotatable bonds is 4. The Balaban J connectivity index is 4.07. The molecule has 0 amide bonds. The molecular formula is C10H18N2. The Kier molecular flexibility index (Phi) is 5.09. The van der Waals surface area contributed by atoms with Gasteiger partial charge in [-0.15, -0.1) is 0 Å². The van der Waals surface area contributed by atoms with Crippen LogP contribution in [0.2, 0.25) is 0 Å². The lowest BCUT2D eigenvalue weighted by Gasteiger charge is -1.98. The van der Waals surface area contributed by atoms with Crippen LogP contribution < -0.4 is 5.73 Å². The molecule has 0 aromatic rings. The Labute approximate surface area is 74.9 Å². The first-order valence-corrected chi connectivity index (χ1v) is 4.23. The third kappa shape index (κ3) is 5.71. The molecule has 0 spiro atoms. The van der Waals surface area contributed by atoms with Gasteiger partial charge in [0.15, 0.2) is 0 Å². The first-order chi connectivity index (χ1) is 5.56. The van der Waals surface area contributed by atoms with E-state index in [2.05, 4.69) is 25.4 Å². The van der Waals surface area contributed by atoms with Crippen molar-refractivity contribution in [1.29, 1.82) is 0 Å². The van der Waals surface area contributed by atoms with Crippen LogP contribution in [-0.2, 0) is 0 Å². The summed E-state index contributed by atoms with van der Waals surface area (Å²) in [5.41, 5.74) is 6.50. The molecule has 2 nitrogen and oxygen atoms in total. The molecule has 1 unspecified atom stereocenters. The minimum Gasteiger partial charge on any atom is -0.384 e. The average molecular weight is 166 g/mol. The van der Waals surface area contributed by atoms with Crippen molar-refractivity contribution in [3.63, 3.8) is 0 Å². The molecule has 0 aliphatic carbocycles. The van der Waals surface area contributed by atoms with Crippen LogP contribution in [-0.4, -0.2) is 6.21 Å². The molecule has 2 N–H and O–H groups in total. The smallest absolute Gasteiger partial charge is 0.123 e. The van der Waals surface area contributed by atoms with Crippen LogP contribution in [0.25, 0.3) is 0 Å². The number of hydrogen-bond acceptors (Lipinski definition) is 2. The normalized spacial score (nSPS) is 15.1. The lowest BCUT2D eigenvalue weighted by Crippen LogP contribution is -1.98. The molecule has 0 bridgehead atoms. The second-order valence-electron chi connectivity index (χ2n) is 3.08. The van der Waals surface area contributed by atoms with Crippen LogP contribution in [0.15, 0.2) is 29.0 Å². The predicted octanol–water partition coefficient (Wildman–Crippen LogP) is 2.48. The Bertz CT molecular complexity index is 202. The fourth-order valence-corrected chi connectivity index (χ4v) is 0.608. The summed E-state index contributed by atoms with van der Waals surface area (Å²) in [6.07, 6.45) is 4.72. The highest BCUT2D eigenvalue weighted by Gasteiger charge is 1.91. The zero-order chi connectivity index (χ0) is 9.56. The minimum absolute atomic E-state index is 0.488. The number of hydrogen-bond donors (Lipinski definition) is 1. The number of nitrogens with two attached hydrogens (primary N) is 1. The highest BCUT2D eigenvalue weighted by Crippen LogP contribution is 1.99. The number of aliphatic imine (C=N–C) groups is 1. The summed E-state index contributed by atoms with van der Waals surface area (Å²) in [6.45, 7) is 9.84. The maximum Gasteiger partial charge on any atom is 0.123 e. The first kappa shape index (κ1) is 11.0. The molecule has 12 heavy (non-hydrogen) atoms. The van der Waals surface area contributed by atoms with Gasteiger partial charge < -0.3 is 5.73 Å². The zero-order valence-corrected chi connectivity index (χ0v) is 8.17. The second kappa shape index (κ2) is 5.58. The maximum atomic E-state index is 5.58. The Morgan fingerprint density at radius 2 is 2.25 bits per heavy atom. The highest BCUT2D eigenvalue weighted by molar-refractivity contribution is 5.61. The van der Waals surface area contributed by atoms with Gasteiger partial charge in [-0.25, -0.2) is 4.99 Å². The van der Waals surface area contributed by atoms with Gasteiger partial charge in [0.1, 0.15) is 5.82 Å². The summed E-state index contributed by atoms with van der Waals surface area (Å²) in [5, 5.41) is 0. The zero-order valence-electron chi connectivity index (χ0n) is 8.17. The van der Waals surface area contributed by atoms with E-state index in [1.165, 1.54) is 0 Å². The predicted molar refractivity (Wildman–Crippen MR) is 55.0 cm³/mol. The number of nitrogens with zero attached hydrogens (tertiary/aromatic N) is 1. The van der Waals surface area contributed by atoms with Crippen molar-refractivity contribution in [2.24, 2.45) is 16.6 Å². The van der Waals surface area contributed by atoms with E-state index in [1.807, 2.05) is 13.1 Å². The van der Waals surface area contributed by atoms with Crippen molar-refractivity contribution in [2.45, 2.75) is 27.2 Å². The topological polar surface area (TPSA) is 38.4 Å². The number of allylic oxidation sites excluding steroid dienone is 2. The largest absolute Gasteiger partial charge is 0.384 e. The van der Waals surface area contributed by atoms with Crippen molar-refractivity contribution < 1.29 is 0 Å². The van der Waals surface area contributed by atoms with E-state index >= 15 is 0 Å². The van der Waals surface area contributed by atoms with Gasteiger partial charge >= 0.3 is 0 Å². The SMILES string of the molecule is C=C(C)/C=C(N)\N=C/C(C)CC. The van der Waals surface area contributed by atoms with E-state index in [0.717, 1.165) is 12.0 Å². The summed E-state index contributed by atoms with van der Waals surface area (Å²) in [7, 11) is 0. The molecule has 0 saturated carbocycles. The molecule has 0 saturated heterocycles. The highest BCUT2D eigenvalue weighted by atomic mass is 14.9. The van der Waals surface area contributed by atoms with Crippen LogP contribution in [0.5, 0.6) is 0 Å². The van der Waals surface area contributed by atoms with Gasteiger partial charge in [0.2, 0.25) is 0 Å². The van der Waals surface area contributed by atoms with Gasteiger partial charge in [0, 0.05) is 6.21 Å². The van der Waals surface area contributed by atoms with Gasteiger partial charge in [0.05, 0.1) is 0 Å². The molecule has 0 heterocycles. The second-order valence-corrected chi connectivity index (χ2v) is 3.08. The van der Waals surface area contributed by atoms with E-state index < -0.39 is 0 Å². The van der Waals surface area contributed by atoms with Crippen molar-refractivity contribution >= 4 is 6.21 Å². The summed E-state index contributed by atoms with van der Waals surface area (Å²) in [5.74, 6) is 1.02. The van der Waals surface area contributed by atoms with Crippen molar-refractivity contribution in [3.8, 4) is 0 Å². The molecular weight excluding hydrogens is 148 g/mol. The maximum absolute atomic E-state index is 5.58. The third-order valence-corrected chi connectivity index (χ3v) is 1.52. The molecule has 68 valence electrons. The lowest BCUT2D eigenvalue weighted by atomic mass is 10.1. The van der Waals surface area contributed by atoms with Crippen LogP contribution in [0.3, 0.4) is 0 Å². The summed E-state index contributed by atoms with van der Waals surface area (Å²) in [4.78, 5) is 4.09. The monoisotopic (exact) mass is 166 g/mol. The van der Waals surface area contributed by atoms with Gasteiger partial charge in [-0.1, -0.05) is 26.0 Å². The fraction of sp³-hybridized carbons (Fsp3) is 0.500. The van der Waals surface area contributed by atoms with Gasteiger partial charge in [-0.05, 0) is 25.3 Å². The van der Waals surface area contributed by atoms with Crippen LogP contribution >= 0.6 is 0 Å². The van der Waals surface area contributed by atoms with Crippen LogP contribution in [0, 0.1) is 5.92 Å². The van der Waals surface area contributed by atoms with Crippen molar-refractivity contribution in [1.82, 2.24) is 0 Å². The molecule has 1 atom stereocenters. The first-order valence-electron chi connectivity index (χ1n) is 4.23. The average Bonchev–Trinajstić information content (AvgIpc) is 1.99. The molecule has 2 heteroatoms. The Morgan fingerprint density at radius 3 is 2.67 bits per heavy atom. The molecule has 0 radical (unpaired) electrons. The van der Waals surface area contributed by atoms with Gasteiger partial charge in [-0.2, -0.15) is 0 Å². The van der Waals surface area contributed by atoms with E-state index in [1.54, 1.807) is 6.08 Å². The van der Waals surface area contributed by atoms with Gasteiger partial charge in [0.25, 0.3) is 0 Å². The van der Waals surface area contributed by atoms with Gasteiger partial charge in [-0.3, -0.25) is 0 Å². The van der Waals surface area contributed by atoms with Crippen LogP contribution in [0.1, 0.15) is 27.2 Å². The quantitative estimate of drug-likeness (QED) is 0.505. The molecule has 0 aliphatic heterocycles. The van der Waals surface area contributed by atoms with Crippen molar-refractivity contribution in [2.75, 3.05) is 0 Å². The summed E-state index contributed by atoms with van der Waals surface area (Å²) >= 11 is 0. The third-order valence-electron chi connectivity index (χ3n) is 1.52. The Hall–Kier alpha value is -1.05.